The number of rotatable bonds is 2. The molecule has 2 heterocycles. The fourth-order valence-corrected chi connectivity index (χ4v) is 6.29. The van der Waals surface area contributed by atoms with Crippen LogP contribution in [0, 0.1) is 11.8 Å². The van der Waals surface area contributed by atoms with Gasteiger partial charge in [0.1, 0.15) is 0 Å². The first kappa shape index (κ1) is 17.5. The zero-order valence-electron chi connectivity index (χ0n) is 16.1. The third-order valence-corrected chi connectivity index (χ3v) is 7.81. The van der Waals surface area contributed by atoms with E-state index in [1.807, 2.05) is 24.3 Å². The van der Waals surface area contributed by atoms with E-state index in [2.05, 4.69) is 62.6 Å². The zero-order chi connectivity index (χ0) is 19.5. The third kappa shape index (κ3) is 2.65. The molecule has 2 aromatic rings. The van der Waals surface area contributed by atoms with Gasteiger partial charge in [0.2, 0.25) is 0 Å². The predicted octanol–water partition coefficient (Wildman–Crippen LogP) is 5.85. The summed E-state index contributed by atoms with van der Waals surface area (Å²) in [6, 6.07) is 12.0. The number of anilines is 2. The van der Waals surface area contributed by atoms with Gasteiger partial charge in [-0.3, -0.25) is 4.79 Å². The van der Waals surface area contributed by atoms with Crippen molar-refractivity contribution in [2.24, 2.45) is 11.8 Å². The monoisotopic (exact) mass is 446 g/mol. The number of hydrogen-bond acceptors (Lipinski definition) is 2. The molecule has 0 saturated heterocycles. The van der Waals surface area contributed by atoms with E-state index < -0.39 is 0 Å². The largest absolute Gasteiger partial charge is 0.370 e. The van der Waals surface area contributed by atoms with Crippen LogP contribution in [0.1, 0.15) is 46.2 Å². The normalized spacial score (nSPS) is 28.1. The summed E-state index contributed by atoms with van der Waals surface area (Å²) in [5.74, 6) is 2.18. The summed E-state index contributed by atoms with van der Waals surface area (Å²) < 4.78 is 0.823. The van der Waals surface area contributed by atoms with Crippen LogP contribution < -0.4 is 10.2 Å². The first-order chi connectivity index (χ1) is 14.2. The Labute approximate surface area is 179 Å². The summed E-state index contributed by atoms with van der Waals surface area (Å²) in [7, 11) is 0. The Balaban J connectivity index is 1.47. The van der Waals surface area contributed by atoms with E-state index in [0.717, 1.165) is 29.7 Å². The number of carbonyl (C=O) groups is 1. The van der Waals surface area contributed by atoms with Crippen LogP contribution >= 0.6 is 15.9 Å². The molecule has 0 aromatic heterocycles. The molecular formula is C25H23BrN2O. The van der Waals surface area contributed by atoms with Crippen LogP contribution in [0.4, 0.5) is 11.4 Å². The highest BCUT2D eigenvalue weighted by Crippen LogP contribution is 2.54. The summed E-state index contributed by atoms with van der Waals surface area (Å²) in [6.07, 6.45) is 11.8. The van der Waals surface area contributed by atoms with Crippen LogP contribution in [0.15, 0.2) is 65.2 Å². The number of nitrogens with zero attached hydrogens (tertiary/aromatic N) is 1. The van der Waals surface area contributed by atoms with Gasteiger partial charge in [-0.25, -0.2) is 0 Å². The molecule has 1 N–H and O–H groups in total. The van der Waals surface area contributed by atoms with Gasteiger partial charge in [-0.1, -0.05) is 42.5 Å². The molecule has 2 aromatic carbocycles. The SMILES string of the molecule is O=C(Nc1ccc2c3c1C1C=CCC1CN3CC1CC=CC21)c1ccccc1Br. The molecule has 4 atom stereocenters. The molecule has 3 nitrogen and oxygen atoms in total. The van der Waals surface area contributed by atoms with Crippen LogP contribution in [-0.4, -0.2) is 19.0 Å². The van der Waals surface area contributed by atoms with E-state index in [4.69, 9.17) is 0 Å². The minimum atomic E-state index is -0.0567. The van der Waals surface area contributed by atoms with Gasteiger partial charge in [0, 0.05) is 46.3 Å². The molecule has 4 unspecified atom stereocenters. The summed E-state index contributed by atoms with van der Waals surface area (Å²) in [6.45, 7) is 2.25. The summed E-state index contributed by atoms with van der Waals surface area (Å²) >= 11 is 3.51. The third-order valence-electron chi connectivity index (χ3n) is 7.11. The Morgan fingerprint density at radius 2 is 1.69 bits per heavy atom. The van der Waals surface area contributed by atoms with Crippen molar-refractivity contribution in [3.05, 3.63) is 81.9 Å². The first-order valence-electron chi connectivity index (χ1n) is 10.5. The van der Waals surface area contributed by atoms with Crippen molar-refractivity contribution >= 4 is 33.2 Å². The molecule has 29 heavy (non-hydrogen) atoms. The maximum atomic E-state index is 13.1. The van der Waals surface area contributed by atoms with Crippen LogP contribution in [0.25, 0.3) is 0 Å². The van der Waals surface area contributed by atoms with Crippen molar-refractivity contribution in [2.75, 3.05) is 23.3 Å². The second-order valence-corrected chi connectivity index (χ2v) is 9.56. The Bertz CT molecular complexity index is 1070. The topological polar surface area (TPSA) is 32.3 Å². The second kappa shape index (κ2) is 6.60. The van der Waals surface area contributed by atoms with Crippen LogP contribution in [0.3, 0.4) is 0 Å². The van der Waals surface area contributed by atoms with Crippen molar-refractivity contribution in [1.29, 1.82) is 0 Å². The van der Waals surface area contributed by atoms with Gasteiger partial charge in [0.05, 0.1) is 5.56 Å². The van der Waals surface area contributed by atoms with Crippen molar-refractivity contribution in [3.8, 4) is 0 Å². The van der Waals surface area contributed by atoms with Gasteiger partial charge in [-0.2, -0.15) is 0 Å². The Hall–Kier alpha value is -2.33. The van der Waals surface area contributed by atoms with Gasteiger partial charge in [0.25, 0.3) is 5.91 Å². The number of allylic oxidation sites excluding steroid dienone is 4. The van der Waals surface area contributed by atoms with E-state index in [9.17, 15) is 4.79 Å². The van der Waals surface area contributed by atoms with E-state index in [0.29, 0.717) is 29.2 Å². The maximum absolute atomic E-state index is 13.1. The Morgan fingerprint density at radius 1 is 0.966 bits per heavy atom. The molecule has 146 valence electrons. The molecular weight excluding hydrogens is 424 g/mol. The number of carbonyl (C=O) groups excluding carboxylic acids is 1. The molecule has 6 rings (SSSR count). The number of halogens is 1. The van der Waals surface area contributed by atoms with E-state index >= 15 is 0 Å². The average molecular weight is 447 g/mol. The molecule has 0 saturated carbocycles. The zero-order valence-corrected chi connectivity index (χ0v) is 17.7. The molecule has 0 radical (unpaired) electrons. The standard InChI is InChI=1S/C25H23BrN2O/c26-21-10-2-1-7-20(21)25(29)27-22-12-11-19-17-8-3-5-15(17)13-28-14-16-6-4-9-18(16)23(22)24(19)28/h1-4,7-12,15-18H,5-6,13-14H2,(H,27,29). The number of hydrogen-bond donors (Lipinski definition) is 1. The van der Waals surface area contributed by atoms with Gasteiger partial charge in [-0.15, -0.1) is 0 Å². The van der Waals surface area contributed by atoms with Crippen molar-refractivity contribution in [1.82, 2.24) is 0 Å². The highest BCUT2D eigenvalue weighted by atomic mass is 79.9. The van der Waals surface area contributed by atoms with Crippen LogP contribution in [0.2, 0.25) is 0 Å². The first-order valence-corrected chi connectivity index (χ1v) is 11.3. The smallest absolute Gasteiger partial charge is 0.256 e. The van der Waals surface area contributed by atoms with E-state index in [1.165, 1.54) is 23.2 Å². The summed E-state index contributed by atoms with van der Waals surface area (Å²) in [5.41, 5.74) is 5.79. The lowest BCUT2D eigenvalue weighted by molar-refractivity contribution is 0.102. The van der Waals surface area contributed by atoms with Crippen molar-refractivity contribution < 1.29 is 4.79 Å². The van der Waals surface area contributed by atoms with E-state index in [1.54, 1.807) is 0 Å². The molecule has 4 aliphatic rings. The second-order valence-electron chi connectivity index (χ2n) is 8.70. The minimum absolute atomic E-state index is 0.0567. The lowest BCUT2D eigenvalue weighted by Crippen LogP contribution is -2.44. The molecule has 4 heteroatoms. The predicted molar refractivity (Wildman–Crippen MR) is 121 cm³/mol. The lowest BCUT2D eigenvalue weighted by Gasteiger charge is -2.46. The van der Waals surface area contributed by atoms with Crippen molar-refractivity contribution in [2.45, 2.75) is 24.7 Å². The van der Waals surface area contributed by atoms with Crippen molar-refractivity contribution in [3.63, 3.8) is 0 Å². The lowest BCUT2D eigenvalue weighted by atomic mass is 9.74. The maximum Gasteiger partial charge on any atom is 0.256 e. The van der Waals surface area contributed by atoms with Crippen LogP contribution in [-0.2, 0) is 0 Å². The summed E-state index contributed by atoms with van der Waals surface area (Å²) in [4.78, 5) is 15.7. The number of benzene rings is 2. The Kier molecular flexibility index (Phi) is 3.98. The number of nitrogens with one attached hydrogen (secondary N) is 1. The number of fused-ring (bicyclic) bond motifs is 4. The molecule has 0 fully saturated rings. The molecule has 1 amide bonds. The average Bonchev–Trinajstić information content (AvgIpc) is 3.38. The highest BCUT2D eigenvalue weighted by molar-refractivity contribution is 9.10. The highest BCUT2D eigenvalue weighted by Gasteiger charge is 2.43. The van der Waals surface area contributed by atoms with Gasteiger partial charge >= 0.3 is 0 Å². The van der Waals surface area contributed by atoms with Gasteiger partial charge in [0.15, 0.2) is 0 Å². The van der Waals surface area contributed by atoms with E-state index in [-0.39, 0.29) is 5.91 Å². The molecule has 0 spiro atoms. The van der Waals surface area contributed by atoms with Crippen LogP contribution in [0.5, 0.6) is 0 Å². The van der Waals surface area contributed by atoms with Gasteiger partial charge < -0.3 is 10.2 Å². The van der Waals surface area contributed by atoms with Gasteiger partial charge in [-0.05, 0) is 64.4 Å². The molecule has 2 aliphatic heterocycles. The fraction of sp³-hybridized carbons (Fsp3) is 0.320. The quantitative estimate of drug-likeness (QED) is 0.586. The Morgan fingerprint density at radius 3 is 2.48 bits per heavy atom. The minimum Gasteiger partial charge on any atom is -0.370 e. The molecule has 2 aliphatic carbocycles. The summed E-state index contributed by atoms with van der Waals surface area (Å²) in [5, 5.41) is 3.25. The fourth-order valence-electron chi connectivity index (χ4n) is 5.82. The number of amides is 1. The molecule has 0 bridgehead atoms.